The van der Waals surface area contributed by atoms with Gasteiger partial charge in [0.2, 0.25) is 0 Å². The SMILES string of the molecule is CCCCc1ccc(N/C=C(/C#N)C(=O)NC(c2ccccc2)c2ccccc2)cc1. The van der Waals surface area contributed by atoms with Gasteiger partial charge in [-0.1, -0.05) is 86.1 Å². The van der Waals surface area contributed by atoms with Crippen LogP contribution < -0.4 is 10.6 Å². The highest BCUT2D eigenvalue weighted by atomic mass is 16.1. The monoisotopic (exact) mass is 409 g/mol. The van der Waals surface area contributed by atoms with E-state index >= 15 is 0 Å². The fourth-order valence-corrected chi connectivity index (χ4v) is 3.31. The number of rotatable bonds is 9. The van der Waals surface area contributed by atoms with Crippen molar-refractivity contribution < 1.29 is 4.79 Å². The lowest BCUT2D eigenvalue weighted by Crippen LogP contribution is -2.30. The van der Waals surface area contributed by atoms with Crippen LogP contribution in [-0.4, -0.2) is 5.91 Å². The van der Waals surface area contributed by atoms with E-state index in [0.29, 0.717) is 0 Å². The first-order chi connectivity index (χ1) is 15.2. The third kappa shape index (κ3) is 6.32. The molecule has 0 saturated carbocycles. The number of benzene rings is 3. The quantitative estimate of drug-likeness (QED) is 0.349. The highest BCUT2D eigenvalue weighted by Crippen LogP contribution is 2.22. The summed E-state index contributed by atoms with van der Waals surface area (Å²) in [4.78, 5) is 12.9. The van der Waals surface area contributed by atoms with Crippen LogP contribution >= 0.6 is 0 Å². The van der Waals surface area contributed by atoms with Gasteiger partial charge in [0, 0.05) is 11.9 Å². The molecule has 4 nitrogen and oxygen atoms in total. The van der Waals surface area contributed by atoms with Crippen molar-refractivity contribution >= 4 is 11.6 Å². The second kappa shape index (κ2) is 11.4. The van der Waals surface area contributed by atoms with Gasteiger partial charge < -0.3 is 10.6 Å². The van der Waals surface area contributed by atoms with Crippen LogP contribution in [0.2, 0.25) is 0 Å². The van der Waals surface area contributed by atoms with Gasteiger partial charge in [-0.15, -0.1) is 0 Å². The van der Waals surface area contributed by atoms with Gasteiger partial charge in [0.1, 0.15) is 11.6 Å². The molecule has 0 spiro atoms. The second-order valence-electron chi connectivity index (χ2n) is 7.34. The predicted octanol–water partition coefficient (Wildman–Crippen LogP) is 5.75. The smallest absolute Gasteiger partial charge is 0.264 e. The van der Waals surface area contributed by atoms with Crippen LogP contribution in [0, 0.1) is 11.3 Å². The topological polar surface area (TPSA) is 64.9 Å². The minimum atomic E-state index is -0.424. The van der Waals surface area contributed by atoms with E-state index in [1.807, 2.05) is 78.9 Å². The largest absolute Gasteiger partial charge is 0.360 e. The number of unbranched alkanes of at least 4 members (excludes halogenated alkanes) is 1. The van der Waals surface area contributed by atoms with E-state index in [1.54, 1.807) is 0 Å². The summed E-state index contributed by atoms with van der Waals surface area (Å²) in [6, 6.07) is 29.2. The summed E-state index contributed by atoms with van der Waals surface area (Å²) >= 11 is 0. The van der Waals surface area contributed by atoms with Crippen molar-refractivity contribution in [2.24, 2.45) is 0 Å². The Balaban J connectivity index is 1.73. The van der Waals surface area contributed by atoms with E-state index in [2.05, 4.69) is 29.7 Å². The molecule has 3 rings (SSSR count). The summed E-state index contributed by atoms with van der Waals surface area (Å²) in [6.07, 6.45) is 4.84. The lowest BCUT2D eigenvalue weighted by molar-refractivity contribution is -0.117. The highest BCUT2D eigenvalue weighted by molar-refractivity contribution is 5.98. The Morgan fingerprint density at radius 1 is 0.935 bits per heavy atom. The van der Waals surface area contributed by atoms with Crippen molar-refractivity contribution in [2.45, 2.75) is 32.2 Å². The Hall–Kier alpha value is -3.84. The summed E-state index contributed by atoms with van der Waals surface area (Å²) < 4.78 is 0. The number of nitrogens with one attached hydrogen (secondary N) is 2. The first-order valence-electron chi connectivity index (χ1n) is 10.6. The van der Waals surface area contributed by atoms with E-state index in [9.17, 15) is 10.1 Å². The van der Waals surface area contributed by atoms with Gasteiger partial charge in [-0.25, -0.2) is 0 Å². The first-order valence-corrected chi connectivity index (χ1v) is 10.6. The summed E-state index contributed by atoms with van der Waals surface area (Å²) in [5, 5.41) is 15.6. The molecule has 0 fully saturated rings. The average molecular weight is 410 g/mol. The second-order valence-corrected chi connectivity index (χ2v) is 7.34. The van der Waals surface area contributed by atoms with E-state index < -0.39 is 5.91 Å². The van der Waals surface area contributed by atoms with Crippen molar-refractivity contribution in [3.05, 3.63) is 113 Å². The number of aryl methyl sites for hydroxylation is 1. The van der Waals surface area contributed by atoms with Crippen molar-refractivity contribution in [3.8, 4) is 6.07 Å². The molecule has 3 aromatic rings. The van der Waals surface area contributed by atoms with Crippen LogP contribution in [0.5, 0.6) is 0 Å². The lowest BCUT2D eigenvalue weighted by atomic mass is 9.98. The van der Waals surface area contributed by atoms with Crippen LogP contribution in [0.15, 0.2) is 96.7 Å². The zero-order valence-electron chi connectivity index (χ0n) is 17.7. The molecule has 0 heterocycles. The minimum Gasteiger partial charge on any atom is -0.360 e. The van der Waals surface area contributed by atoms with Gasteiger partial charge in [-0.3, -0.25) is 4.79 Å². The van der Waals surface area contributed by atoms with Crippen LogP contribution in [0.25, 0.3) is 0 Å². The zero-order valence-corrected chi connectivity index (χ0v) is 17.7. The molecule has 1 amide bonds. The average Bonchev–Trinajstić information content (AvgIpc) is 2.83. The molecule has 0 bridgehead atoms. The number of anilines is 1. The molecule has 0 radical (unpaired) electrons. The van der Waals surface area contributed by atoms with Crippen LogP contribution in [0.4, 0.5) is 5.69 Å². The number of amides is 1. The number of carbonyl (C=O) groups is 1. The maximum absolute atomic E-state index is 12.9. The number of hydrogen-bond acceptors (Lipinski definition) is 3. The van der Waals surface area contributed by atoms with Gasteiger partial charge in [-0.2, -0.15) is 5.26 Å². The highest BCUT2D eigenvalue weighted by Gasteiger charge is 2.19. The molecule has 0 aliphatic heterocycles. The van der Waals surface area contributed by atoms with Gasteiger partial charge in [0.05, 0.1) is 6.04 Å². The van der Waals surface area contributed by atoms with Crippen molar-refractivity contribution in [2.75, 3.05) is 5.32 Å². The molecular formula is C27H27N3O. The summed E-state index contributed by atoms with van der Waals surface area (Å²) in [6.45, 7) is 2.18. The van der Waals surface area contributed by atoms with Crippen LogP contribution in [0.3, 0.4) is 0 Å². The Labute approximate surface area is 184 Å². The normalized spacial score (nSPS) is 11.1. The van der Waals surface area contributed by atoms with E-state index in [0.717, 1.165) is 36.1 Å². The van der Waals surface area contributed by atoms with E-state index in [4.69, 9.17) is 0 Å². The number of hydrogen-bond donors (Lipinski definition) is 2. The molecule has 31 heavy (non-hydrogen) atoms. The fourth-order valence-electron chi connectivity index (χ4n) is 3.31. The maximum atomic E-state index is 12.9. The fraction of sp³-hybridized carbons (Fsp3) is 0.185. The standard InChI is InChI=1S/C27H27N3O/c1-2-3-10-21-15-17-25(18-16-21)29-20-24(19-28)27(31)30-26(22-11-6-4-7-12-22)23-13-8-5-9-14-23/h4-9,11-18,20,26,29H,2-3,10H2,1H3,(H,30,31)/b24-20-. The molecule has 3 aromatic carbocycles. The Morgan fingerprint density at radius 2 is 1.52 bits per heavy atom. The van der Waals surface area contributed by atoms with Crippen molar-refractivity contribution in [1.82, 2.24) is 5.32 Å². The summed E-state index contributed by atoms with van der Waals surface area (Å²) in [5.74, 6) is -0.424. The molecule has 4 heteroatoms. The molecule has 0 atom stereocenters. The molecule has 0 aliphatic carbocycles. The number of nitrogens with zero attached hydrogens (tertiary/aromatic N) is 1. The van der Waals surface area contributed by atoms with E-state index in [1.165, 1.54) is 11.8 Å². The minimum absolute atomic E-state index is 0.0203. The summed E-state index contributed by atoms with van der Waals surface area (Å²) in [7, 11) is 0. The molecular weight excluding hydrogens is 382 g/mol. The van der Waals surface area contributed by atoms with E-state index in [-0.39, 0.29) is 11.6 Å². The summed E-state index contributed by atoms with van der Waals surface area (Å²) in [5.41, 5.74) is 4.04. The van der Waals surface area contributed by atoms with Gasteiger partial charge in [0.25, 0.3) is 5.91 Å². The Bertz CT molecular complexity index is 996. The third-order valence-electron chi connectivity index (χ3n) is 5.06. The number of nitriles is 1. The Morgan fingerprint density at radius 3 is 2.03 bits per heavy atom. The van der Waals surface area contributed by atoms with Gasteiger partial charge in [-0.05, 0) is 41.7 Å². The molecule has 0 saturated heterocycles. The molecule has 0 unspecified atom stereocenters. The van der Waals surface area contributed by atoms with Crippen LogP contribution in [-0.2, 0) is 11.2 Å². The number of carbonyl (C=O) groups excluding carboxylic acids is 1. The molecule has 2 N–H and O–H groups in total. The van der Waals surface area contributed by atoms with Crippen molar-refractivity contribution in [3.63, 3.8) is 0 Å². The maximum Gasteiger partial charge on any atom is 0.264 e. The van der Waals surface area contributed by atoms with Gasteiger partial charge >= 0.3 is 0 Å². The van der Waals surface area contributed by atoms with Crippen molar-refractivity contribution in [1.29, 1.82) is 5.26 Å². The molecule has 0 aromatic heterocycles. The van der Waals surface area contributed by atoms with Crippen LogP contribution in [0.1, 0.15) is 42.5 Å². The molecule has 156 valence electrons. The third-order valence-corrected chi connectivity index (χ3v) is 5.06. The van der Waals surface area contributed by atoms with Gasteiger partial charge in [0.15, 0.2) is 0 Å². The first kappa shape index (κ1) is 21.9. The molecule has 0 aliphatic rings. The predicted molar refractivity (Wildman–Crippen MR) is 125 cm³/mol. The lowest BCUT2D eigenvalue weighted by Gasteiger charge is -2.19. The Kier molecular flexibility index (Phi) is 8.02. The zero-order chi connectivity index (χ0) is 21.9.